The Bertz CT molecular complexity index is 96.7. The van der Waals surface area contributed by atoms with Crippen molar-refractivity contribution in [2.75, 3.05) is 6.07 Å². The van der Waals surface area contributed by atoms with Crippen LogP contribution in [0.5, 0.6) is 0 Å². The lowest BCUT2D eigenvalue weighted by molar-refractivity contribution is 0.312. The molecule has 0 aromatic rings. The van der Waals surface area contributed by atoms with Crippen LogP contribution in [0.1, 0.15) is 6.92 Å². The number of allylic oxidation sites excluding steroid dienone is 2. The highest BCUT2D eigenvalue weighted by Gasteiger charge is 1.71. The van der Waals surface area contributed by atoms with E-state index in [0.29, 0.717) is 0 Å². The molecule has 0 bridgehead atoms. The topological polar surface area (TPSA) is 9.23 Å². The van der Waals surface area contributed by atoms with Crippen molar-refractivity contribution in [2.45, 2.75) is 6.92 Å². The van der Waals surface area contributed by atoms with Crippen LogP contribution in [-0.4, -0.2) is 6.07 Å². The first-order valence-electron chi connectivity index (χ1n) is 2.27. The van der Waals surface area contributed by atoms with Crippen LogP contribution >= 0.6 is 11.6 Å². The Labute approximate surface area is 54.6 Å². The van der Waals surface area contributed by atoms with Gasteiger partial charge in [-0.25, -0.2) is 0 Å². The molecule has 0 aliphatic heterocycles. The molecule has 0 spiro atoms. The van der Waals surface area contributed by atoms with Crippen molar-refractivity contribution in [3.8, 4) is 0 Å². The summed E-state index contributed by atoms with van der Waals surface area (Å²) < 4.78 is 4.67. The third-order valence-electron chi connectivity index (χ3n) is 0.512. The molecule has 0 aliphatic carbocycles. The second-order valence-electron chi connectivity index (χ2n) is 1.42. The number of halogens is 1. The van der Waals surface area contributed by atoms with E-state index in [-0.39, 0.29) is 6.07 Å². The van der Waals surface area contributed by atoms with Gasteiger partial charge in [-0.2, -0.15) is 0 Å². The first-order chi connectivity index (χ1) is 3.77. The molecule has 0 unspecified atom stereocenters. The monoisotopic (exact) mass is 132 g/mol. The summed E-state index contributed by atoms with van der Waals surface area (Å²) in [5.41, 5.74) is 0.954. The van der Waals surface area contributed by atoms with Gasteiger partial charge in [-0.05, 0) is 13.0 Å². The van der Waals surface area contributed by atoms with Crippen LogP contribution in [0.25, 0.3) is 0 Å². The molecule has 0 N–H and O–H groups in total. The van der Waals surface area contributed by atoms with Crippen molar-refractivity contribution >= 4 is 11.6 Å². The number of rotatable bonds is 3. The Balaban J connectivity index is 3.20. The lowest BCUT2D eigenvalue weighted by atomic mass is 10.4. The van der Waals surface area contributed by atoms with E-state index < -0.39 is 0 Å². The number of hydrogen-bond acceptors (Lipinski definition) is 1. The minimum atomic E-state index is 0.198. The number of ether oxygens (including phenoxy) is 1. The fourth-order valence-electron chi connectivity index (χ4n) is 0.201. The molecule has 0 atom stereocenters. The Morgan fingerprint density at radius 3 is 2.88 bits per heavy atom. The fourth-order valence-corrected chi connectivity index (χ4v) is 0.273. The highest BCUT2D eigenvalue weighted by atomic mass is 35.5. The van der Waals surface area contributed by atoms with Crippen LogP contribution in [0.3, 0.4) is 0 Å². The molecule has 46 valence electrons. The van der Waals surface area contributed by atoms with Crippen molar-refractivity contribution < 1.29 is 4.74 Å². The van der Waals surface area contributed by atoms with Crippen molar-refractivity contribution in [1.29, 1.82) is 0 Å². The van der Waals surface area contributed by atoms with Gasteiger partial charge in [-0.15, -0.1) is 0 Å². The van der Waals surface area contributed by atoms with Crippen molar-refractivity contribution in [3.63, 3.8) is 0 Å². The molecule has 1 nitrogen and oxygen atoms in total. The summed E-state index contributed by atoms with van der Waals surface area (Å²) >= 11 is 5.18. The molecule has 0 aliphatic rings. The molecule has 0 fully saturated rings. The number of hydrogen-bond donors (Lipinski definition) is 0. The molecule has 0 radical (unpaired) electrons. The average molecular weight is 133 g/mol. The van der Waals surface area contributed by atoms with E-state index >= 15 is 0 Å². The van der Waals surface area contributed by atoms with Crippen molar-refractivity contribution in [1.82, 2.24) is 0 Å². The minimum Gasteiger partial charge on any atom is -0.486 e. The molecule has 0 amide bonds. The maximum atomic E-state index is 5.18. The summed E-state index contributed by atoms with van der Waals surface area (Å²) in [4.78, 5) is 0. The van der Waals surface area contributed by atoms with Gasteiger partial charge in [-0.1, -0.05) is 23.8 Å². The van der Waals surface area contributed by atoms with Crippen LogP contribution in [0.4, 0.5) is 0 Å². The normalized spacial score (nSPS) is 9.75. The van der Waals surface area contributed by atoms with E-state index in [1.54, 1.807) is 6.08 Å². The van der Waals surface area contributed by atoms with Gasteiger partial charge in [0.1, 0.15) is 0 Å². The third-order valence-corrected chi connectivity index (χ3v) is 0.638. The summed E-state index contributed by atoms with van der Waals surface area (Å²) in [6.07, 6.45) is 3.28. The zero-order chi connectivity index (χ0) is 6.41. The van der Waals surface area contributed by atoms with E-state index in [1.807, 2.05) is 6.92 Å². The van der Waals surface area contributed by atoms with Crippen LogP contribution < -0.4 is 0 Å². The smallest absolute Gasteiger partial charge is 0.161 e. The van der Waals surface area contributed by atoms with Gasteiger partial charge >= 0.3 is 0 Å². The fraction of sp³-hybridized carbons (Fsp3) is 0.333. The lowest BCUT2D eigenvalue weighted by Gasteiger charge is -1.88. The van der Waals surface area contributed by atoms with Crippen molar-refractivity contribution in [3.05, 3.63) is 24.5 Å². The summed E-state index contributed by atoms with van der Waals surface area (Å²) in [6.45, 7) is 5.50. The first kappa shape index (κ1) is 7.57. The van der Waals surface area contributed by atoms with E-state index in [0.717, 1.165) is 5.57 Å². The molecule has 2 heteroatoms. The van der Waals surface area contributed by atoms with Gasteiger partial charge in [0.05, 0.1) is 6.26 Å². The largest absolute Gasteiger partial charge is 0.486 e. The molecular formula is C6H9ClO. The summed E-state index contributed by atoms with van der Waals surface area (Å²) in [6, 6.07) is 0.198. The maximum Gasteiger partial charge on any atom is 0.161 e. The summed E-state index contributed by atoms with van der Waals surface area (Å²) in [5.74, 6) is 0. The van der Waals surface area contributed by atoms with Gasteiger partial charge < -0.3 is 4.74 Å². The Hall–Kier alpha value is -0.430. The van der Waals surface area contributed by atoms with Gasteiger partial charge in [0.25, 0.3) is 0 Å². The molecule has 8 heavy (non-hydrogen) atoms. The van der Waals surface area contributed by atoms with Crippen LogP contribution in [-0.2, 0) is 4.74 Å². The minimum absolute atomic E-state index is 0.198. The third kappa shape index (κ3) is 5.57. The predicted molar refractivity (Wildman–Crippen MR) is 35.8 cm³/mol. The summed E-state index contributed by atoms with van der Waals surface area (Å²) in [7, 11) is 0. The van der Waals surface area contributed by atoms with Gasteiger partial charge in [0.2, 0.25) is 0 Å². The zero-order valence-electron chi connectivity index (χ0n) is 4.86. The van der Waals surface area contributed by atoms with E-state index in [1.165, 1.54) is 6.26 Å². The zero-order valence-corrected chi connectivity index (χ0v) is 5.61. The second kappa shape index (κ2) is 4.72. The van der Waals surface area contributed by atoms with E-state index in [9.17, 15) is 0 Å². The Kier molecular flexibility index (Phi) is 4.47. The molecule has 0 saturated carbocycles. The lowest BCUT2D eigenvalue weighted by Crippen LogP contribution is -1.72. The first-order valence-corrected chi connectivity index (χ1v) is 2.80. The van der Waals surface area contributed by atoms with Crippen LogP contribution in [0.15, 0.2) is 24.5 Å². The quantitative estimate of drug-likeness (QED) is 0.325. The Morgan fingerprint density at radius 2 is 2.50 bits per heavy atom. The molecular weight excluding hydrogens is 124 g/mol. The van der Waals surface area contributed by atoms with Gasteiger partial charge in [0.15, 0.2) is 6.07 Å². The predicted octanol–water partition coefficient (Wildman–Crippen LogP) is 2.29. The van der Waals surface area contributed by atoms with E-state index in [2.05, 4.69) is 11.3 Å². The molecule has 0 saturated heterocycles. The Morgan fingerprint density at radius 1 is 1.88 bits per heavy atom. The SMILES string of the molecule is C=C(C)/C=C\OCCl. The molecule has 0 aromatic heterocycles. The second-order valence-corrected chi connectivity index (χ2v) is 1.64. The maximum absolute atomic E-state index is 5.18. The van der Waals surface area contributed by atoms with Gasteiger partial charge in [0, 0.05) is 0 Å². The standard InChI is InChI=1S/C6H9ClO/c1-6(2)3-4-8-5-7/h3-4H,1,5H2,2H3/b4-3-. The highest BCUT2D eigenvalue weighted by Crippen LogP contribution is 1.89. The van der Waals surface area contributed by atoms with Crippen LogP contribution in [0.2, 0.25) is 0 Å². The summed E-state index contributed by atoms with van der Waals surface area (Å²) in [5, 5.41) is 0. The molecule has 0 aromatic carbocycles. The van der Waals surface area contributed by atoms with Crippen molar-refractivity contribution in [2.24, 2.45) is 0 Å². The molecule has 0 rings (SSSR count). The van der Waals surface area contributed by atoms with Gasteiger partial charge in [-0.3, -0.25) is 0 Å². The number of alkyl halides is 1. The molecule has 0 heterocycles. The highest BCUT2D eigenvalue weighted by molar-refractivity contribution is 6.17. The van der Waals surface area contributed by atoms with E-state index in [4.69, 9.17) is 11.6 Å². The average Bonchev–Trinajstić information content (AvgIpc) is 1.66. The van der Waals surface area contributed by atoms with Crippen LogP contribution in [0, 0.1) is 0 Å².